The third-order valence-corrected chi connectivity index (χ3v) is 3.45. The Balaban J connectivity index is 2.19. The highest BCUT2D eigenvalue weighted by Crippen LogP contribution is 2.33. The molecule has 1 amide bonds. The summed E-state index contributed by atoms with van der Waals surface area (Å²) in [5.74, 6) is -0.731. The number of rotatable bonds is 8. The molecule has 0 heterocycles. The molecule has 2 rings (SSSR count). The fourth-order valence-corrected chi connectivity index (χ4v) is 2.25. The molecular weight excluding hydrogens is 330 g/mol. The molecular formula is C16H17F4NO3. The molecule has 1 saturated carbocycles. The quantitative estimate of drug-likeness (QED) is 0.533. The van der Waals surface area contributed by atoms with Crippen molar-refractivity contribution in [3.8, 4) is 11.5 Å². The van der Waals surface area contributed by atoms with Crippen molar-refractivity contribution in [3.05, 3.63) is 29.8 Å². The molecule has 0 aromatic heterocycles. The van der Waals surface area contributed by atoms with Crippen molar-refractivity contribution in [3.63, 3.8) is 0 Å². The normalized spacial score (nSPS) is 14.5. The molecule has 1 aliphatic carbocycles. The summed E-state index contributed by atoms with van der Waals surface area (Å²) in [6, 6.07) is 4.25. The molecule has 0 atom stereocenters. The number of nitrogens with zero attached hydrogens (tertiary/aromatic N) is 1. The van der Waals surface area contributed by atoms with E-state index in [0.29, 0.717) is 12.8 Å². The Hall–Kier alpha value is -2.25. The summed E-state index contributed by atoms with van der Waals surface area (Å²) < 4.78 is 59.6. The third-order valence-electron chi connectivity index (χ3n) is 3.45. The minimum absolute atomic E-state index is 0.0801. The number of para-hydroxylation sites is 1. The molecule has 0 unspecified atom stereocenters. The molecule has 0 spiro atoms. The fourth-order valence-electron chi connectivity index (χ4n) is 2.25. The Labute approximate surface area is 136 Å². The van der Waals surface area contributed by atoms with Crippen LogP contribution in [0.3, 0.4) is 0 Å². The van der Waals surface area contributed by atoms with Crippen molar-refractivity contribution in [2.24, 2.45) is 0 Å². The second-order valence-electron chi connectivity index (χ2n) is 5.20. The summed E-state index contributed by atoms with van der Waals surface area (Å²) in [6.07, 6.45) is 1.07. The van der Waals surface area contributed by atoms with Gasteiger partial charge in [0.1, 0.15) is 0 Å². The zero-order chi connectivity index (χ0) is 17.7. The first-order valence-corrected chi connectivity index (χ1v) is 7.31. The lowest BCUT2D eigenvalue weighted by Crippen LogP contribution is -2.35. The number of amides is 1. The standard InChI is InChI=1S/C16H17F4NO3/c1-23-12-4-2-3-10(15(12)24-16(19)20)5-8-14(22)21(9-13(17)18)11-6-7-11/h2-5,8,11,13,16H,6-7,9H2,1H3/b8-5+. The van der Waals surface area contributed by atoms with Gasteiger partial charge in [0.15, 0.2) is 11.5 Å². The highest BCUT2D eigenvalue weighted by molar-refractivity contribution is 5.92. The van der Waals surface area contributed by atoms with Gasteiger partial charge in [0.05, 0.1) is 13.7 Å². The van der Waals surface area contributed by atoms with Gasteiger partial charge in [-0.05, 0) is 25.0 Å². The molecule has 1 aromatic rings. The highest BCUT2D eigenvalue weighted by atomic mass is 19.3. The third kappa shape index (κ3) is 4.87. The number of methoxy groups -OCH3 is 1. The van der Waals surface area contributed by atoms with E-state index in [-0.39, 0.29) is 23.1 Å². The molecule has 1 aromatic carbocycles. The van der Waals surface area contributed by atoms with Gasteiger partial charge in [-0.2, -0.15) is 8.78 Å². The van der Waals surface area contributed by atoms with Crippen LogP contribution in [-0.4, -0.2) is 43.5 Å². The topological polar surface area (TPSA) is 38.8 Å². The molecule has 0 bridgehead atoms. The van der Waals surface area contributed by atoms with Crippen LogP contribution in [0, 0.1) is 0 Å². The second kappa shape index (κ2) is 8.03. The number of hydrogen-bond donors (Lipinski definition) is 0. The Bertz CT molecular complexity index is 603. The van der Waals surface area contributed by atoms with Crippen LogP contribution in [0.1, 0.15) is 18.4 Å². The van der Waals surface area contributed by atoms with E-state index < -0.39 is 25.5 Å². The largest absolute Gasteiger partial charge is 0.493 e. The number of alkyl halides is 4. The fraction of sp³-hybridized carbons (Fsp3) is 0.438. The minimum atomic E-state index is -3.06. The van der Waals surface area contributed by atoms with Gasteiger partial charge in [0.2, 0.25) is 5.91 Å². The molecule has 0 N–H and O–H groups in total. The first-order chi connectivity index (χ1) is 11.4. The number of carbonyl (C=O) groups is 1. The van der Waals surface area contributed by atoms with E-state index >= 15 is 0 Å². The van der Waals surface area contributed by atoms with Crippen LogP contribution in [0.4, 0.5) is 17.6 Å². The first-order valence-electron chi connectivity index (χ1n) is 7.31. The molecule has 4 nitrogen and oxygen atoms in total. The van der Waals surface area contributed by atoms with E-state index in [1.165, 1.54) is 25.3 Å². The van der Waals surface area contributed by atoms with Crippen LogP contribution >= 0.6 is 0 Å². The minimum Gasteiger partial charge on any atom is -0.493 e. The lowest BCUT2D eigenvalue weighted by atomic mass is 10.1. The van der Waals surface area contributed by atoms with E-state index in [1.807, 2.05) is 0 Å². The van der Waals surface area contributed by atoms with Crippen LogP contribution in [0.5, 0.6) is 11.5 Å². The summed E-state index contributed by atoms with van der Waals surface area (Å²) >= 11 is 0. The zero-order valence-electron chi connectivity index (χ0n) is 12.9. The van der Waals surface area contributed by atoms with E-state index in [0.717, 1.165) is 11.0 Å². The highest BCUT2D eigenvalue weighted by Gasteiger charge is 2.33. The SMILES string of the molecule is COc1cccc(/C=C/C(=O)N(CC(F)F)C2CC2)c1OC(F)F. The predicted molar refractivity (Wildman–Crippen MR) is 79.4 cm³/mol. The van der Waals surface area contributed by atoms with Gasteiger partial charge in [0.25, 0.3) is 6.43 Å². The van der Waals surface area contributed by atoms with E-state index in [9.17, 15) is 22.4 Å². The second-order valence-corrected chi connectivity index (χ2v) is 5.20. The first kappa shape index (κ1) is 18.1. The van der Waals surface area contributed by atoms with Gasteiger partial charge in [-0.3, -0.25) is 4.79 Å². The van der Waals surface area contributed by atoms with Gasteiger partial charge >= 0.3 is 6.61 Å². The summed E-state index contributed by atoms with van der Waals surface area (Å²) in [4.78, 5) is 13.2. The van der Waals surface area contributed by atoms with Gasteiger partial charge in [-0.25, -0.2) is 8.78 Å². The van der Waals surface area contributed by atoms with Gasteiger partial charge in [-0.15, -0.1) is 0 Å². The molecule has 1 aliphatic rings. The van der Waals surface area contributed by atoms with Gasteiger partial charge in [0, 0.05) is 17.7 Å². The van der Waals surface area contributed by atoms with Crippen LogP contribution in [0.15, 0.2) is 24.3 Å². The lowest BCUT2D eigenvalue weighted by molar-refractivity contribution is -0.128. The molecule has 132 valence electrons. The smallest absolute Gasteiger partial charge is 0.387 e. The summed E-state index contributed by atoms with van der Waals surface area (Å²) in [5, 5.41) is 0. The lowest BCUT2D eigenvalue weighted by Gasteiger charge is -2.20. The number of halogens is 4. The van der Waals surface area contributed by atoms with Crippen molar-refractivity contribution in [1.82, 2.24) is 4.90 Å². The maximum Gasteiger partial charge on any atom is 0.387 e. The maximum absolute atomic E-state index is 12.6. The predicted octanol–water partition coefficient (Wildman–Crippen LogP) is 3.57. The van der Waals surface area contributed by atoms with Crippen LogP contribution in [0.25, 0.3) is 6.08 Å². The molecule has 8 heteroatoms. The Morgan fingerprint density at radius 2 is 2.04 bits per heavy atom. The van der Waals surface area contributed by atoms with Crippen molar-refractivity contribution in [2.45, 2.75) is 31.9 Å². The van der Waals surface area contributed by atoms with Crippen molar-refractivity contribution in [1.29, 1.82) is 0 Å². The average molecular weight is 347 g/mol. The van der Waals surface area contributed by atoms with Crippen LogP contribution in [0.2, 0.25) is 0 Å². The van der Waals surface area contributed by atoms with E-state index in [1.54, 1.807) is 6.07 Å². The monoisotopic (exact) mass is 347 g/mol. The zero-order valence-corrected chi connectivity index (χ0v) is 12.9. The summed E-state index contributed by atoms with van der Waals surface area (Å²) in [7, 11) is 1.30. The van der Waals surface area contributed by atoms with Crippen LogP contribution in [-0.2, 0) is 4.79 Å². The summed E-state index contributed by atoms with van der Waals surface area (Å²) in [5.41, 5.74) is 0.191. The Morgan fingerprint density at radius 3 is 2.58 bits per heavy atom. The number of carbonyl (C=O) groups excluding carboxylic acids is 1. The Kier molecular flexibility index (Phi) is 6.05. The summed E-state index contributed by atoms with van der Waals surface area (Å²) in [6.45, 7) is -3.71. The molecule has 0 radical (unpaired) electrons. The number of hydrogen-bond acceptors (Lipinski definition) is 3. The molecule has 1 fully saturated rings. The van der Waals surface area contributed by atoms with Crippen LogP contribution < -0.4 is 9.47 Å². The van der Waals surface area contributed by atoms with E-state index in [2.05, 4.69) is 4.74 Å². The Morgan fingerprint density at radius 1 is 1.33 bits per heavy atom. The van der Waals surface area contributed by atoms with Crippen molar-refractivity contribution >= 4 is 12.0 Å². The van der Waals surface area contributed by atoms with Gasteiger partial charge in [-0.1, -0.05) is 12.1 Å². The molecule has 24 heavy (non-hydrogen) atoms. The van der Waals surface area contributed by atoms with Crippen molar-refractivity contribution < 1.29 is 31.8 Å². The number of benzene rings is 1. The molecule has 0 saturated heterocycles. The van der Waals surface area contributed by atoms with Gasteiger partial charge < -0.3 is 14.4 Å². The van der Waals surface area contributed by atoms with Crippen molar-refractivity contribution in [2.75, 3.05) is 13.7 Å². The maximum atomic E-state index is 12.6. The molecule has 0 aliphatic heterocycles. The van der Waals surface area contributed by atoms with E-state index in [4.69, 9.17) is 4.74 Å². The number of ether oxygens (including phenoxy) is 2. The average Bonchev–Trinajstić information content (AvgIpc) is 3.35.